The molecular formula is C13H10O9S3. The fourth-order valence-electron chi connectivity index (χ4n) is 1.82. The van der Waals surface area contributed by atoms with Crippen LogP contribution >= 0.6 is 11.3 Å². The number of fused-ring (bicyclic) bond motifs is 2. The molecule has 1 heterocycles. The second kappa shape index (κ2) is 7.53. The van der Waals surface area contributed by atoms with Crippen LogP contribution in [0.1, 0.15) is 0 Å². The third kappa shape index (κ3) is 5.82. The summed E-state index contributed by atoms with van der Waals surface area (Å²) < 4.78 is 61.0. The van der Waals surface area contributed by atoms with Crippen LogP contribution < -0.4 is 5.43 Å². The van der Waals surface area contributed by atoms with Crippen LogP contribution in [0.25, 0.3) is 20.2 Å². The van der Waals surface area contributed by atoms with E-state index < -0.39 is 20.8 Å². The maximum atomic E-state index is 12.1. The molecule has 0 aliphatic rings. The van der Waals surface area contributed by atoms with Gasteiger partial charge >= 0.3 is 20.8 Å². The Morgan fingerprint density at radius 2 is 1.08 bits per heavy atom. The van der Waals surface area contributed by atoms with Gasteiger partial charge < -0.3 is 0 Å². The quantitative estimate of drug-likeness (QED) is 0.288. The maximum Gasteiger partial charge on any atom is 0.425 e. The van der Waals surface area contributed by atoms with Crippen molar-refractivity contribution in [2.24, 2.45) is 0 Å². The van der Waals surface area contributed by atoms with Gasteiger partial charge in [0.15, 0.2) is 5.43 Å². The van der Waals surface area contributed by atoms with Gasteiger partial charge in [0.25, 0.3) is 0 Å². The minimum absolute atomic E-state index is 0.139. The standard InChI is InChI=1S/C13H8OS.H2O8S2/c14-13-9-5-1-3-7-11(9)15-12-8-4-2-6-10(12)13;1-9(2,3)7-8-10(4,5)6/h1-8H;(H,1,2,3)(H,4,5,6). The van der Waals surface area contributed by atoms with E-state index in [9.17, 15) is 21.6 Å². The van der Waals surface area contributed by atoms with Crippen LogP contribution in [0.4, 0.5) is 0 Å². The van der Waals surface area contributed by atoms with Gasteiger partial charge in [0.1, 0.15) is 0 Å². The highest BCUT2D eigenvalue weighted by Crippen LogP contribution is 2.23. The van der Waals surface area contributed by atoms with Crippen molar-refractivity contribution in [1.29, 1.82) is 0 Å². The minimum atomic E-state index is -5.02. The molecule has 0 unspecified atom stereocenters. The van der Waals surface area contributed by atoms with Gasteiger partial charge in [-0.2, -0.15) is 16.8 Å². The average Bonchev–Trinajstić information content (AvgIpc) is 2.53. The first-order valence-corrected chi connectivity index (χ1v) is 9.85. The second-order valence-corrected chi connectivity index (χ2v) is 7.48. The van der Waals surface area contributed by atoms with Crippen LogP contribution in [0.3, 0.4) is 0 Å². The Morgan fingerprint density at radius 3 is 1.44 bits per heavy atom. The normalized spacial score (nSPS) is 11.9. The maximum absolute atomic E-state index is 12.1. The number of hydrogen-bond acceptors (Lipinski definition) is 8. The highest BCUT2D eigenvalue weighted by molar-refractivity contribution is 7.83. The lowest BCUT2D eigenvalue weighted by Crippen LogP contribution is -2.10. The van der Waals surface area contributed by atoms with Crippen LogP contribution in [0.15, 0.2) is 53.3 Å². The van der Waals surface area contributed by atoms with Crippen LogP contribution in [0.5, 0.6) is 0 Å². The zero-order valence-electron chi connectivity index (χ0n) is 12.1. The first-order chi connectivity index (χ1) is 11.6. The minimum Gasteiger partial charge on any atom is -0.289 e. The molecule has 3 aromatic rings. The summed E-state index contributed by atoms with van der Waals surface area (Å²) in [5.41, 5.74) is 0.139. The molecule has 0 radical (unpaired) electrons. The van der Waals surface area contributed by atoms with Gasteiger partial charge in [-0.3, -0.25) is 13.9 Å². The summed E-state index contributed by atoms with van der Waals surface area (Å²) in [6, 6.07) is 15.5. The molecule has 2 N–H and O–H groups in total. The van der Waals surface area contributed by atoms with Crippen molar-refractivity contribution >= 4 is 52.3 Å². The van der Waals surface area contributed by atoms with Crippen LogP contribution in [0, 0.1) is 0 Å². The van der Waals surface area contributed by atoms with Crippen molar-refractivity contribution in [3.8, 4) is 0 Å². The lowest BCUT2D eigenvalue weighted by atomic mass is 10.2. The predicted molar refractivity (Wildman–Crippen MR) is 90.9 cm³/mol. The third-order valence-electron chi connectivity index (χ3n) is 2.68. The molecule has 0 spiro atoms. The molecule has 134 valence electrons. The van der Waals surface area contributed by atoms with E-state index in [1.807, 2.05) is 48.5 Å². The second-order valence-electron chi connectivity index (χ2n) is 4.42. The Balaban J connectivity index is 0.000000199. The molecule has 0 atom stereocenters. The van der Waals surface area contributed by atoms with Gasteiger partial charge in [0.2, 0.25) is 0 Å². The van der Waals surface area contributed by atoms with Gasteiger partial charge in [-0.05, 0) is 24.3 Å². The van der Waals surface area contributed by atoms with E-state index in [4.69, 9.17) is 9.11 Å². The summed E-state index contributed by atoms with van der Waals surface area (Å²) in [6.07, 6.45) is 0. The molecule has 0 fully saturated rings. The van der Waals surface area contributed by atoms with E-state index in [1.54, 1.807) is 11.3 Å². The Hall–Kier alpha value is -1.93. The first-order valence-electron chi connectivity index (χ1n) is 6.30. The lowest BCUT2D eigenvalue weighted by Gasteiger charge is -1.99. The zero-order chi connectivity index (χ0) is 18.7. The Labute approximate surface area is 145 Å². The van der Waals surface area contributed by atoms with E-state index in [-0.39, 0.29) is 5.43 Å². The van der Waals surface area contributed by atoms with Gasteiger partial charge in [0.05, 0.1) is 0 Å². The molecule has 12 heteroatoms. The topological polar surface area (TPSA) is 144 Å². The van der Waals surface area contributed by atoms with Crippen LogP contribution in [-0.4, -0.2) is 25.9 Å². The van der Waals surface area contributed by atoms with Crippen molar-refractivity contribution in [2.75, 3.05) is 0 Å². The summed E-state index contributed by atoms with van der Waals surface area (Å²) >= 11 is 1.67. The summed E-state index contributed by atoms with van der Waals surface area (Å²) in [7, 11) is -10.0. The molecule has 2 aromatic carbocycles. The van der Waals surface area contributed by atoms with E-state index in [2.05, 4.69) is 8.67 Å². The number of hydrogen-bond donors (Lipinski definition) is 2. The van der Waals surface area contributed by atoms with Crippen LogP contribution in [-0.2, 0) is 29.5 Å². The van der Waals surface area contributed by atoms with Crippen LogP contribution in [0.2, 0.25) is 0 Å². The van der Waals surface area contributed by atoms with Crippen molar-refractivity contribution < 1.29 is 34.6 Å². The molecule has 1 aromatic heterocycles. The fraction of sp³-hybridized carbons (Fsp3) is 0. The zero-order valence-corrected chi connectivity index (χ0v) is 14.5. The van der Waals surface area contributed by atoms with Gasteiger partial charge in [-0.25, -0.2) is 0 Å². The largest absolute Gasteiger partial charge is 0.425 e. The van der Waals surface area contributed by atoms with Crippen molar-refractivity contribution in [3.63, 3.8) is 0 Å². The molecule has 9 nitrogen and oxygen atoms in total. The molecule has 0 aliphatic heterocycles. The van der Waals surface area contributed by atoms with E-state index in [0.29, 0.717) is 0 Å². The van der Waals surface area contributed by atoms with E-state index in [0.717, 1.165) is 20.2 Å². The predicted octanol–water partition coefficient (Wildman–Crippen LogP) is 1.95. The highest BCUT2D eigenvalue weighted by atomic mass is 32.3. The molecule has 0 amide bonds. The summed E-state index contributed by atoms with van der Waals surface area (Å²) in [6.45, 7) is 0. The SMILES string of the molecule is O=S(=O)(O)OOS(=O)(=O)O.O=c1c2ccccc2sc2ccccc12. The third-order valence-corrected chi connectivity index (χ3v) is 4.40. The number of benzene rings is 2. The molecule has 3 rings (SSSR count). The molecule has 0 bridgehead atoms. The summed E-state index contributed by atoms with van der Waals surface area (Å²) in [5.74, 6) is 0. The molecule has 0 saturated heterocycles. The molecule has 25 heavy (non-hydrogen) atoms. The van der Waals surface area contributed by atoms with Gasteiger partial charge in [0, 0.05) is 20.2 Å². The summed E-state index contributed by atoms with van der Waals surface area (Å²) in [4.78, 5) is 12.1. The summed E-state index contributed by atoms with van der Waals surface area (Å²) in [5, 5.41) is 1.64. The fourth-order valence-corrected chi connectivity index (χ4v) is 3.45. The number of rotatable bonds is 3. The molecular weight excluding hydrogens is 396 g/mol. The van der Waals surface area contributed by atoms with Crippen molar-refractivity contribution in [2.45, 2.75) is 0 Å². The first kappa shape index (κ1) is 19.4. The Kier molecular flexibility index (Phi) is 5.84. The Morgan fingerprint density at radius 1 is 0.720 bits per heavy atom. The smallest absolute Gasteiger partial charge is 0.289 e. The van der Waals surface area contributed by atoms with Gasteiger partial charge in [-0.1, -0.05) is 32.9 Å². The Bertz CT molecular complexity index is 1080. The van der Waals surface area contributed by atoms with Crippen molar-refractivity contribution in [3.05, 3.63) is 58.8 Å². The van der Waals surface area contributed by atoms with E-state index in [1.165, 1.54) is 0 Å². The lowest BCUT2D eigenvalue weighted by molar-refractivity contribution is -0.105. The van der Waals surface area contributed by atoms with Crippen molar-refractivity contribution in [1.82, 2.24) is 0 Å². The molecule has 0 saturated carbocycles. The van der Waals surface area contributed by atoms with Gasteiger partial charge in [-0.15, -0.1) is 11.3 Å². The monoisotopic (exact) mass is 406 g/mol. The molecule has 0 aliphatic carbocycles. The van der Waals surface area contributed by atoms with E-state index >= 15 is 0 Å². The average molecular weight is 406 g/mol. The highest BCUT2D eigenvalue weighted by Gasteiger charge is 2.13.